The molecule has 2 heteroatoms. The first-order chi connectivity index (χ1) is 8.81. The van der Waals surface area contributed by atoms with E-state index in [0.29, 0.717) is 5.25 Å². The first kappa shape index (κ1) is 14.0. The van der Waals surface area contributed by atoms with Gasteiger partial charge in [-0.15, -0.1) is 11.8 Å². The Hall–Kier alpha value is -0.470. The molecule has 0 aliphatic carbocycles. The molecule has 1 heterocycles. The van der Waals surface area contributed by atoms with Gasteiger partial charge in [0.1, 0.15) is 0 Å². The van der Waals surface area contributed by atoms with Crippen LogP contribution in [0.25, 0.3) is 0 Å². The van der Waals surface area contributed by atoms with E-state index < -0.39 is 0 Å². The Morgan fingerprint density at radius 2 is 2.00 bits per heavy atom. The molecule has 0 spiro atoms. The highest BCUT2D eigenvalue weighted by Crippen LogP contribution is 2.39. The summed E-state index contributed by atoms with van der Waals surface area (Å²) in [6.45, 7) is 2.24. The fourth-order valence-corrected chi connectivity index (χ4v) is 3.91. The predicted octanol–water partition coefficient (Wildman–Crippen LogP) is 4.42. The van der Waals surface area contributed by atoms with Crippen LogP contribution in [0.15, 0.2) is 29.2 Å². The second-order valence-electron chi connectivity index (χ2n) is 5.24. The summed E-state index contributed by atoms with van der Waals surface area (Å²) >= 11 is 1.86. The largest absolute Gasteiger partial charge is 0.392 e. The van der Waals surface area contributed by atoms with Crippen molar-refractivity contribution in [1.29, 1.82) is 0 Å². The zero-order chi connectivity index (χ0) is 12.8. The molecule has 1 aromatic rings. The first-order valence-corrected chi connectivity index (χ1v) is 8.12. The van der Waals surface area contributed by atoms with E-state index in [1.165, 1.54) is 42.6 Å². The number of thioether (sulfide) groups is 1. The third kappa shape index (κ3) is 3.76. The molecular formula is C16H24OS. The van der Waals surface area contributed by atoms with Crippen LogP contribution in [0.5, 0.6) is 0 Å². The van der Waals surface area contributed by atoms with Gasteiger partial charge in [0.05, 0.1) is 6.10 Å². The molecule has 0 amide bonds. The summed E-state index contributed by atoms with van der Waals surface area (Å²) in [5.41, 5.74) is 1.41. The molecule has 18 heavy (non-hydrogen) atoms. The minimum Gasteiger partial charge on any atom is -0.392 e. The lowest BCUT2D eigenvalue weighted by Crippen LogP contribution is -2.22. The van der Waals surface area contributed by atoms with Gasteiger partial charge < -0.3 is 5.11 Å². The molecule has 0 saturated heterocycles. The van der Waals surface area contributed by atoms with Crippen molar-refractivity contribution < 1.29 is 5.11 Å². The maximum Gasteiger partial charge on any atom is 0.0665 e. The Bertz CT molecular complexity index is 339. The number of aliphatic hydroxyl groups is 1. The Labute approximate surface area is 115 Å². The lowest BCUT2D eigenvalue weighted by atomic mass is 10.0. The third-order valence-electron chi connectivity index (χ3n) is 3.70. The van der Waals surface area contributed by atoms with E-state index >= 15 is 0 Å². The van der Waals surface area contributed by atoms with Crippen LogP contribution in [0.1, 0.15) is 51.0 Å². The maximum absolute atomic E-state index is 10.3. The van der Waals surface area contributed by atoms with Crippen molar-refractivity contribution in [2.45, 2.75) is 68.1 Å². The van der Waals surface area contributed by atoms with E-state index in [4.69, 9.17) is 0 Å². The van der Waals surface area contributed by atoms with Crippen LogP contribution < -0.4 is 0 Å². The average Bonchev–Trinajstić information content (AvgIpc) is 2.82. The molecule has 100 valence electrons. The van der Waals surface area contributed by atoms with Crippen LogP contribution in [-0.4, -0.2) is 16.5 Å². The standard InChI is InChI=1S/C16H24OS/c1-2-3-4-5-6-10-14(17)16-12-13-9-7-8-11-15(13)18-16/h7-9,11,14,16-17H,2-6,10,12H2,1H3. The van der Waals surface area contributed by atoms with Crippen molar-refractivity contribution in [3.63, 3.8) is 0 Å². The normalized spacial score (nSPS) is 19.8. The molecule has 1 aliphatic rings. The second kappa shape index (κ2) is 7.20. The van der Waals surface area contributed by atoms with E-state index in [2.05, 4.69) is 31.2 Å². The zero-order valence-corrected chi connectivity index (χ0v) is 12.1. The molecule has 2 unspecified atom stereocenters. The minimum absolute atomic E-state index is 0.135. The van der Waals surface area contributed by atoms with Crippen molar-refractivity contribution in [3.8, 4) is 0 Å². The van der Waals surface area contributed by atoms with Crippen LogP contribution in [0, 0.1) is 0 Å². The fourth-order valence-electron chi connectivity index (χ4n) is 2.57. The highest BCUT2D eigenvalue weighted by molar-refractivity contribution is 8.00. The van der Waals surface area contributed by atoms with Crippen molar-refractivity contribution in [2.75, 3.05) is 0 Å². The summed E-state index contributed by atoms with van der Waals surface area (Å²) in [6, 6.07) is 8.55. The fraction of sp³-hybridized carbons (Fsp3) is 0.625. The highest BCUT2D eigenvalue weighted by atomic mass is 32.2. The van der Waals surface area contributed by atoms with Crippen LogP contribution in [0.3, 0.4) is 0 Å². The van der Waals surface area contributed by atoms with E-state index in [0.717, 1.165) is 12.8 Å². The Morgan fingerprint density at radius 3 is 2.78 bits per heavy atom. The van der Waals surface area contributed by atoms with E-state index in [1.807, 2.05) is 11.8 Å². The molecule has 2 atom stereocenters. The lowest BCUT2D eigenvalue weighted by Gasteiger charge is -2.16. The zero-order valence-electron chi connectivity index (χ0n) is 11.3. The lowest BCUT2D eigenvalue weighted by molar-refractivity contribution is 0.158. The molecular weight excluding hydrogens is 240 g/mol. The van der Waals surface area contributed by atoms with Gasteiger partial charge in [-0.25, -0.2) is 0 Å². The molecule has 2 rings (SSSR count). The first-order valence-electron chi connectivity index (χ1n) is 7.24. The number of rotatable bonds is 7. The van der Waals surface area contributed by atoms with Crippen molar-refractivity contribution in [2.24, 2.45) is 0 Å². The monoisotopic (exact) mass is 264 g/mol. The Balaban J connectivity index is 1.70. The predicted molar refractivity (Wildman–Crippen MR) is 79.2 cm³/mol. The second-order valence-corrected chi connectivity index (χ2v) is 6.52. The van der Waals surface area contributed by atoms with Gasteiger partial charge in [-0.1, -0.05) is 57.2 Å². The van der Waals surface area contributed by atoms with Gasteiger partial charge in [0.25, 0.3) is 0 Å². The summed E-state index contributed by atoms with van der Waals surface area (Å²) in [4.78, 5) is 1.37. The van der Waals surface area contributed by atoms with Crippen molar-refractivity contribution in [3.05, 3.63) is 29.8 Å². The van der Waals surface area contributed by atoms with Gasteiger partial charge >= 0.3 is 0 Å². The molecule has 1 aliphatic heterocycles. The van der Waals surface area contributed by atoms with Gasteiger partial charge in [0.15, 0.2) is 0 Å². The average molecular weight is 264 g/mol. The Kier molecular flexibility index (Phi) is 5.58. The molecule has 1 nitrogen and oxygen atoms in total. The van der Waals surface area contributed by atoms with Crippen LogP contribution >= 0.6 is 11.8 Å². The summed E-state index contributed by atoms with van der Waals surface area (Å²) in [6.07, 6.45) is 8.26. The molecule has 0 bridgehead atoms. The van der Waals surface area contributed by atoms with Gasteiger partial charge in [-0.2, -0.15) is 0 Å². The summed E-state index contributed by atoms with van der Waals surface area (Å²) < 4.78 is 0. The minimum atomic E-state index is -0.135. The third-order valence-corrected chi connectivity index (χ3v) is 5.14. The Morgan fingerprint density at radius 1 is 1.22 bits per heavy atom. The van der Waals surface area contributed by atoms with E-state index in [1.54, 1.807) is 0 Å². The molecule has 1 N–H and O–H groups in total. The quantitative estimate of drug-likeness (QED) is 0.735. The van der Waals surface area contributed by atoms with Crippen LogP contribution in [0.4, 0.5) is 0 Å². The van der Waals surface area contributed by atoms with Crippen LogP contribution in [0.2, 0.25) is 0 Å². The van der Waals surface area contributed by atoms with Crippen molar-refractivity contribution >= 4 is 11.8 Å². The van der Waals surface area contributed by atoms with Gasteiger partial charge in [0.2, 0.25) is 0 Å². The number of hydrogen-bond donors (Lipinski definition) is 1. The van der Waals surface area contributed by atoms with E-state index in [9.17, 15) is 5.11 Å². The maximum atomic E-state index is 10.3. The number of fused-ring (bicyclic) bond motifs is 1. The SMILES string of the molecule is CCCCCCCC(O)C1Cc2ccccc2S1. The number of benzene rings is 1. The summed E-state index contributed by atoms with van der Waals surface area (Å²) in [7, 11) is 0. The number of unbranched alkanes of at least 4 members (excludes halogenated alkanes) is 4. The van der Waals surface area contributed by atoms with Crippen LogP contribution in [-0.2, 0) is 6.42 Å². The van der Waals surface area contributed by atoms with Gasteiger partial charge in [0, 0.05) is 10.1 Å². The molecule has 0 aromatic heterocycles. The van der Waals surface area contributed by atoms with Gasteiger partial charge in [-0.05, 0) is 24.5 Å². The molecule has 1 aromatic carbocycles. The molecule has 0 fully saturated rings. The molecule has 0 radical (unpaired) electrons. The number of hydrogen-bond acceptors (Lipinski definition) is 2. The summed E-state index contributed by atoms with van der Waals surface area (Å²) in [5, 5.41) is 10.6. The van der Waals surface area contributed by atoms with Crippen molar-refractivity contribution in [1.82, 2.24) is 0 Å². The summed E-state index contributed by atoms with van der Waals surface area (Å²) in [5.74, 6) is 0. The molecule has 0 saturated carbocycles. The van der Waals surface area contributed by atoms with Gasteiger partial charge in [-0.3, -0.25) is 0 Å². The smallest absolute Gasteiger partial charge is 0.0665 e. The van der Waals surface area contributed by atoms with E-state index in [-0.39, 0.29) is 6.10 Å². The highest BCUT2D eigenvalue weighted by Gasteiger charge is 2.27. The topological polar surface area (TPSA) is 20.2 Å². The number of aliphatic hydroxyl groups excluding tert-OH is 1.